The van der Waals surface area contributed by atoms with E-state index in [9.17, 15) is 9.50 Å². The number of benzene rings is 1. The molecule has 4 heteroatoms. The standard InChI is InChI=1S/C12H17FO2S/c1-8(5-6-14)16-12-4-3-10(9(2)15)7-11(12)13/h3-4,7-9,14-15H,5-6H2,1-2H3/t8?,9-/m1/s1. The van der Waals surface area contributed by atoms with E-state index < -0.39 is 6.10 Å². The van der Waals surface area contributed by atoms with Gasteiger partial charge < -0.3 is 10.2 Å². The number of rotatable bonds is 5. The monoisotopic (exact) mass is 244 g/mol. The molecule has 0 bridgehead atoms. The van der Waals surface area contributed by atoms with Gasteiger partial charge in [0, 0.05) is 16.8 Å². The lowest BCUT2D eigenvalue weighted by atomic mass is 10.1. The third-order valence-electron chi connectivity index (χ3n) is 2.30. The zero-order valence-corrected chi connectivity index (χ0v) is 10.3. The van der Waals surface area contributed by atoms with Crippen LogP contribution in [0.15, 0.2) is 23.1 Å². The molecule has 0 fully saturated rings. The van der Waals surface area contributed by atoms with Crippen molar-refractivity contribution in [2.45, 2.75) is 36.5 Å². The fourth-order valence-corrected chi connectivity index (χ4v) is 2.30. The molecule has 0 aliphatic rings. The summed E-state index contributed by atoms with van der Waals surface area (Å²) in [4.78, 5) is 0.561. The van der Waals surface area contributed by atoms with Gasteiger partial charge in [0.2, 0.25) is 0 Å². The zero-order chi connectivity index (χ0) is 12.1. The van der Waals surface area contributed by atoms with Crippen molar-refractivity contribution in [3.63, 3.8) is 0 Å². The average molecular weight is 244 g/mol. The minimum absolute atomic E-state index is 0.113. The summed E-state index contributed by atoms with van der Waals surface area (Å²) in [6.45, 7) is 3.67. The van der Waals surface area contributed by atoms with Crippen LogP contribution in [0.1, 0.15) is 31.9 Å². The highest BCUT2D eigenvalue weighted by Crippen LogP contribution is 2.29. The van der Waals surface area contributed by atoms with Crippen LogP contribution in [0.4, 0.5) is 4.39 Å². The molecule has 2 atom stereocenters. The van der Waals surface area contributed by atoms with Gasteiger partial charge in [0.25, 0.3) is 0 Å². The predicted molar refractivity (Wildman–Crippen MR) is 64.1 cm³/mol. The Balaban J connectivity index is 2.75. The Hall–Kier alpha value is -0.580. The molecular formula is C12H17FO2S. The van der Waals surface area contributed by atoms with E-state index in [0.29, 0.717) is 16.9 Å². The van der Waals surface area contributed by atoms with Gasteiger partial charge in [-0.1, -0.05) is 13.0 Å². The Bertz CT molecular complexity index is 342. The normalized spacial score (nSPS) is 14.8. The maximum absolute atomic E-state index is 13.6. The summed E-state index contributed by atoms with van der Waals surface area (Å²) in [7, 11) is 0. The van der Waals surface area contributed by atoms with Gasteiger partial charge in [0.05, 0.1) is 6.10 Å². The molecule has 2 nitrogen and oxygen atoms in total. The van der Waals surface area contributed by atoms with Crippen molar-refractivity contribution in [2.75, 3.05) is 6.61 Å². The Kier molecular flexibility index (Phi) is 5.25. The predicted octanol–water partition coefficient (Wildman–Crippen LogP) is 2.74. The first-order chi connectivity index (χ1) is 7.54. The summed E-state index contributed by atoms with van der Waals surface area (Å²) in [6.07, 6.45) is -0.00848. The molecule has 1 rings (SSSR count). The summed E-state index contributed by atoms with van der Waals surface area (Å²) in [5, 5.41) is 18.2. The van der Waals surface area contributed by atoms with E-state index in [1.54, 1.807) is 19.1 Å². The van der Waals surface area contributed by atoms with Crippen molar-refractivity contribution in [1.82, 2.24) is 0 Å². The summed E-state index contributed by atoms with van der Waals surface area (Å²) in [5.41, 5.74) is 0.580. The molecule has 0 saturated carbocycles. The highest BCUT2D eigenvalue weighted by atomic mass is 32.2. The lowest BCUT2D eigenvalue weighted by Crippen LogP contribution is -2.00. The number of aliphatic hydroxyl groups is 2. The fourth-order valence-electron chi connectivity index (χ4n) is 1.33. The van der Waals surface area contributed by atoms with Crippen LogP contribution in [0, 0.1) is 5.82 Å². The van der Waals surface area contributed by atoms with Crippen LogP contribution in [0.3, 0.4) is 0 Å². The van der Waals surface area contributed by atoms with E-state index in [1.165, 1.54) is 17.8 Å². The van der Waals surface area contributed by atoms with Crippen molar-refractivity contribution in [1.29, 1.82) is 0 Å². The molecule has 0 aliphatic carbocycles. The van der Waals surface area contributed by atoms with Gasteiger partial charge in [-0.15, -0.1) is 11.8 Å². The van der Waals surface area contributed by atoms with Crippen LogP contribution in [-0.4, -0.2) is 22.1 Å². The summed E-state index contributed by atoms with van der Waals surface area (Å²) in [5.74, 6) is -0.312. The fraction of sp³-hybridized carbons (Fsp3) is 0.500. The number of aliphatic hydroxyl groups excluding tert-OH is 2. The van der Waals surface area contributed by atoms with Crippen LogP contribution in [0.5, 0.6) is 0 Å². The van der Waals surface area contributed by atoms with Gasteiger partial charge in [0.1, 0.15) is 5.82 Å². The molecule has 0 spiro atoms. The lowest BCUT2D eigenvalue weighted by molar-refractivity contribution is 0.198. The molecule has 0 aliphatic heterocycles. The van der Waals surface area contributed by atoms with Crippen molar-refractivity contribution in [3.8, 4) is 0 Å². The van der Waals surface area contributed by atoms with Crippen LogP contribution < -0.4 is 0 Å². The molecule has 1 aromatic carbocycles. The summed E-state index contributed by atoms with van der Waals surface area (Å²) < 4.78 is 13.6. The Morgan fingerprint density at radius 1 is 1.38 bits per heavy atom. The van der Waals surface area contributed by atoms with Gasteiger partial charge in [0.15, 0.2) is 0 Å². The van der Waals surface area contributed by atoms with Gasteiger partial charge in [-0.05, 0) is 31.0 Å². The maximum atomic E-state index is 13.6. The quantitative estimate of drug-likeness (QED) is 0.782. The number of hydrogen-bond acceptors (Lipinski definition) is 3. The smallest absolute Gasteiger partial charge is 0.137 e. The van der Waals surface area contributed by atoms with Crippen LogP contribution in [0.2, 0.25) is 0 Å². The second kappa shape index (κ2) is 6.23. The second-order valence-corrected chi connectivity index (χ2v) is 5.29. The van der Waals surface area contributed by atoms with E-state index >= 15 is 0 Å². The molecule has 16 heavy (non-hydrogen) atoms. The molecule has 0 radical (unpaired) electrons. The number of hydrogen-bond donors (Lipinski definition) is 2. The van der Waals surface area contributed by atoms with Gasteiger partial charge in [-0.3, -0.25) is 0 Å². The van der Waals surface area contributed by atoms with Crippen molar-refractivity contribution in [3.05, 3.63) is 29.6 Å². The SMILES string of the molecule is CC(CCO)Sc1ccc([C@@H](C)O)cc1F. The van der Waals surface area contributed by atoms with Gasteiger partial charge in [-0.2, -0.15) is 0 Å². The Morgan fingerprint density at radius 2 is 2.06 bits per heavy atom. The van der Waals surface area contributed by atoms with E-state index in [1.807, 2.05) is 6.92 Å². The molecule has 0 saturated heterocycles. The third kappa shape index (κ3) is 3.77. The molecule has 1 aromatic rings. The van der Waals surface area contributed by atoms with E-state index in [4.69, 9.17) is 5.11 Å². The first-order valence-electron chi connectivity index (χ1n) is 5.29. The summed E-state index contributed by atoms with van der Waals surface area (Å²) in [6, 6.07) is 4.76. The maximum Gasteiger partial charge on any atom is 0.137 e. The molecule has 0 amide bonds. The lowest BCUT2D eigenvalue weighted by Gasteiger charge is -2.11. The van der Waals surface area contributed by atoms with E-state index in [0.717, 1.165) is 0 Å². The highest BCUT2D eigenvalue weighted by Gasteiger charge is 2.10. The number of thioether (sulfide) groups is 1. The van der Waals surface area contributed by atoms with E-state index in [2.05, 4.69) is 0 Å². The summed E-state index contributed by atoms with van der Waals surface area (Å²) >= 11 is 1.40. The molecular weight excluding hydrogens is 227 g/mol. The van der Waals surface area contributed by atoms with Gasteiger partial charge >= 0.3 is 0 Å². The first-order valence-corrected chi connectivity index (χ1v) is 6.17. The average Bonchev–Trinajstić information content (AvgIpc) is 2.21. The van der Waals surface area contributed by atoms with Crippen molar-refractivity contribution in [2.24, 2.45) is 0 Å². The molecule has 0 heterocycles. The minimum Gasteiger partial charge on any atom is -0.396 e. The minimum atomic E-state index is -0.650. The third-order valence-corrected chi connectivity index (χ3v) is 3.53. The molecule has 90 valence electrons. The van der Waals surface area contributed by atoms with Crippen LogP contribution in [0.25, 0.3) is 0 Å². The van der Waals surface area contributed by atoms with Crippen LogP contribution >= 0.6 is 11.8 Å². The number of halogens is 1. The van der Waals surface area contributed by atoms with Gasteiger partial charge in [-0.25, -0.2) is 4.39 Å². The van der Waals surface area contributed by atoms with E-state index in [-0.39, 0.29) is 17.7 Å². The van der Waals surface area contributed by atoms with Crippen molar-refractivity contribution >= 4 is 11.8 Å². The zero-order valence-electron chi connectivity index (χ0n) is 9.48. The molecule has 0 aromatic heterocycles. The largest absolute Gasteiger partial charge is 0.396 e. The van der Waals surface area contributed by atoms with Crippen molar-refractivity contribution < 1.29 is 14.6 Å². The first kappa shape index (κ1) is 13.5. The topological polar surface area (TPSA) is 40.5 Å². The highest BCUT2D eigenvalue weighted by molar-refractivity contribution is 7.99. The van der Waals surface area contributed by atoms with Crippen LogP contribution in [-0.2, 0) is 0 Å². The Labute approximate surface area is 99.5 Å². The molecule has 1 unspecified atom stereocenters. The second-order valence-electron chi connectivity index (χ2n) is 3.81. The Morgan fingerprint density at radius 3 is 2.56 bits per heavy atom. The molecule has 2 N–H and O–H groups in total.